The number of fused-ring (bicyclic) bond motifs is 1. The Morgan fingerprint density at radius 2 is 1.70 bits per heavy atom. The number of carbonyl (C=O) groups excluding carboxylic acids is 1. The van der Waals surface area contributed by atoms with E-state index in [0.29, 0.717) is 36.1 Å². The minimum atomic E-state index is -0.112. The Kier molecular flexibility index (Phi) is 7.22. The highest BCUT2D eigenvalue weighted by atomic mass is 32.1. The van der Waals surface area contributed by atoms with Crippen LogP contribution in [0.25, 0.3) is 10.2 Å². The van der Waals surface area contributed by atoms with E-state index in [1.54, 1.807) is 11.0 Å². The largest absolute Gasteiger partial charge is 0.494 e. The zero-order chi connectivity index (χ0) is 23.2. The molecule has 7 heteroatoms. The zero-order valence-corrected chi connectivity index (χ0v) is 19.8. The van der Waals surface area contributed by atoms with Gasteiger partial charge in [0.05, 0.1) is 16.8 Å². The van der Waals surface area contributed by atoms with Crippen molar-refractivity contribution in [2.75, 3.05) is 38.7 Å². The molecule has 4 rings (SSSR count). The lowest BCUT2D eigenvalue weighted by atomic mass is 10.2. The van der Waals surface area contributed by atoms with Crippen LogP contribution in [0.4, 0.5) is 5.13 Å². The summed E-state index contributed by atoms with van der Waals surface area (Å²) in [5, 5.41) is 0.667. The molecule has 0 saturated heterocycles. The fourth-order valence-electron chi connectivity index (χ4n) is 3.32. The van der Waals surface area contributed by atoms with Crippen molar-refractivity contribution < 1.29 is 14.3 Å². The Morgan fingerprint density at radius 1 is 0.909 bits per heavy atom. The molecule has 1 amide bonds. The molecule has 6 nitrogen and oxygen atoms in total. The molecule has 0 aliphatic rings. The summed E-state index contributed by atoms with van der Waals surface area (Å²) in [5.41, 5.74) is 1.40. The molecule has 0 saturated carbocycles. The first-order chi connectivity index (χ1) is 16.0. The molecule has 0 atom stereocenters. The Labute approximate surface area is 198 Å². The van der Waals surface area contributed by atoms with Crippen molar-refractivity contribution in [1.82, 2.24) is 9.88 Å². The Morgan fingerprint density at radius 3 is 2.45 bits per heavy atom. The molecular weight excluding hydrogens is 434 g/mol. The summed E-state index contributed by atoms with van der Waals surface area (Å²) in [7, 11) is 3.98. The second-order valence-corrected chi connectivity index (χ2v) is 8.77. The van der Waals surface area contributed by atoms with Crippen molar-refractivity contribution in [2.24, 2.45) is 0 Å². The Balaban J connectivity index is 1.63. The first-order valence-electron chi connectivity index (χ1n) is 10.9. The minimum Gasteiger partial charge on any atom is -0.494 e. The van der Waals surface area contributed by atoms with Crippen molar-refractivity contribution in [3.8, 4) is 17.2 Å². The lowest BCUT2D eigenvalue weighted by Crippen LogP contribution is -2.36. The van der Waals surface area contributed by atoms with E-state index >= 15 is 0 Å². The van der Waals surface area contributed by atoms with Crippen molar-refractivity contribution in [2.45, 2.75) is 6.92 Å². The maximum Gasteiger partial charge on any atom is 0.260 e. The van der Waals surface area contributed by atoms with Crippen LogP contribution < -0.4 is 14.4 Å². The molecule has 1 heterocycles. The standard InChI is InChI=1S/C26H27N3O3S/c1-4-31-21-13-14-23-24(18-21)33-26(27-23)29(16-15-28(2)3)25(30)19-9-8-12-22(17-19)32-20-10-6-5-7-11-20/h5-14,17-18H,4,15-16H2,1-3H3. The summed E-state index contributed by atoms with van der Waals surface area (Å²) in [5.74, 6) is 2.03. The molecule has 0 aliphatic heterocycles. The average molecular weight is 462 g/mol. The lowest BCUT2D eigenvalue weighted by Gasteiger charge is -2.22. The van der Waals surface area contributed by atoms with Crippen molar-refractivity contribution >= 4 is 32.6 Å². The van der Waals surface area contributed by atoms with Gasteiger partial charge in [-0.05, 0) is 69.6 Å². The number of likely N-dealkylation sites (N-methyl/N-ethyl adjacent to an activating group) is 1. The third-order valence-corrected chi connectivity index (χ3v) is 6.01. The normalized spacial score (nSPS) is 11.0. The fourth-order valence-corrected chi connectivity index (χ4v) is 4.34. The van der Waals surface area contributed by atoms with Gasteiger partial charge in [-0.1, -0.05) is 35.6 Å². The van der Waals surface area contributed by atoms with Crippen LogP contribution in [-0.4, -0.2) is 49.6 Å². The number of thiazole rings is 1. The van der Waals surface area contributed by atoms with Gasteiger partial charge in [-0.3, -0.25) is 9.69 Å². The van der Waals surface area contributed by atoms with E-state index < -0.39 is 0 Å². The maximum absolute atomic E-state index is 13.6. The number of para-hydroxylation sites is 1. The van der Waals surface area contributed by atoms with E-state index in [2.05, 4.69) is 4.90 Å². The topological polar surface area (TPSA) is 54.9 Å². The molecule has 0 fully saturated rings. The number of ether oxygens (including phenoxy) is 2. The molecule has 0 spiro atoms. The van der Waals surface area contributed by atoms with E-state index in [4.69, 9.17) is 14.5 Å². The summed E-state index contributed by atoms with van der Waals surface area (Å²) in [6, 6.07) is 22.6. The van der Waals surface area contributed by atoms with Crippen molar-refractivity contribution in [1.29, 1.82) is 0 Å². The van der Waals surface area contributed by atoms with Crippen LogP contribution in [0.5, 0.6) is 17.2 Å². The third-order valence-electron chi connectivity index (χ3n) is 4.97. The predicted octanol–water partition coefficient (Wildman–Crippen LogP) is 5.70. The number of hydrogen-bond donors (Lipinski definition) is 0. The highest BCUT2D eigenvalue weighted by Gasteiger charge is 2.22. The van der Waals surface area contributed by atoms with Gasteiger partial charge in [0, 0.05) is 18.7 Å². The first-order valence-corrected chi connectivity index (χ1v) is 11.7. The van der Waals surface area contributed by atoms with E-state index in [1.807, 2.05) is 87.7 Å². The van der Waals surface area contributed by atoms with E-state index in [1.165, 1.54) is 11.3 Å². The van der Waals surface area contributed by atoms with Crippen LogP contribution in [0, 0.1) is 0 Å². The van der Waals surface area contributed by atoms with Crippen LogP contribution in [0.2, 0.25) is 0 Å². The predicted molar refractivity (Wildman–Crippen MR) is 134 cm³/mol. The van der Waals surface area contributed by atoms with Crippen LogP contribution in [0.3, 0.4) is 0 Å². The minimum absolute atomic E-state index is 0.112. The number of rotatable bonds is 9. The number of aromatic nitrogens is 1. The number of benzene rings is 3. The van der Waals surface area contributed by atoms with Gasteiger partial charge in [0.15, 0.2) is 5.13 Å². The number of anilines is 1. The van der Waals surface area contributed by atoms with Gasteiger partial charge < -0.3 is 14.4 Å². The second-order valence-electron chi connectivity index (χ2n) is 7.76. The van der Waals surface area contributed by atoms with Crippen LogP contribution in [0.1, 0.15) is 17.3 Å². The molecule has 33 heavy (non-hydrogen) atoms. The van der Waals surface area contributed by atoms with Gasteiger partial charge in [-0.25, -0.2) is 4.98 Å². The van der Waals surface area contributed by atoms with Crippen LogP contribution in [0.15, 0.2) is 72.8 Å². The number of amides is 1. The van der Waals surface area contributed by atoms with Gasteiger partial charge >= 0.3 is 0 Å². The fraction of sp³-hybridized carbons (Fsp3) is 0.231. The molecule has 4 aromatic rings. The van der Waals surface area contributed by atoms with Gasteiger partial charge in [0.2, 0.25) is 0 Å². The number of nitrogens with zero attached hydrogens (tertiary/aromatic N) is 3. The van der Waals surface area contributed by atoms with E-state index in [-0.39, 0.29) is 5.91 Å². The summed E-state index contributed by atoms with van der Waals surface area (Å²) < 4.78 is 12.5. The summed E-state index contributed by atoms with van der Waals surface area (Å²) in [6.45, 7) is 3.80. The van der Waals surface area contributed by atoms with E-state index in [9.17, 15) is 4.79 Å². The zero-order valence-electron chi connectivity index (χ0n) is 19.0. The molecule has 3 aromatic carbocycles. The van der Waals surface area contributed by atoms with Gasteiger partial charge in [-0.2, -0.15) is 0 Å². The highest BCUT2D eigenvalue weighted by molar-refractivity contribution is 7.22. The van der Waals surface area contributed by atoms with Gasteiger partial charge in [0.25, 0.3) is 5.91 Å². The molecule has 1 aromatic heterocycles. The smallest absolute Gasteiger partial charge is 0.260 e. The quantitative estimate of drug-likeness (QED) is 0.320. The van der Waals surface area contributed by atoms with Crippen LogP contribution in [-0.2, 0) is 0 Å². The molecule has 0 unspecified atom stereocenters. The summed E-state index contributed by atoms with van der Waals surface area (Å²) in [4.78, 5) is 22.1. The first kappa shape index (κ1) is 22.8. The third kappa shape index (κ3) is 5.69. The SMILES string of the molecule is CCOc1ccc2nc(N(CCN(C)C)C(=O)c3cccc(Oc4ccccc4)c3)sc2c1. The van der Waals surface area contributed by atoms with E-state index in [0.717, 1.165) is 21.7 Å². The number of carbonyl (C=O) groups is 1. The molecule has 0 bridgehead atoms. The molecule has 0 N–H and O–H groups in total. The maximum atomic E-state index is 13.6. The Hall–Kier alpha value is -3.42. The monoisotopic (exact) mass is 461 g/mol. The molecule has 0 aliphatic carbocycles. The second kappa shape index (κ2) is 10.5. The lowest BCUT2D eigenvalue weighted by molar-refractivity contribution is 0.0985. The Bertz CT molecular complexity index is 1220. The number of hydrogen-bond acceptors (Lipinski definition) is 6. The van der Waals surface area contributed by atoms with Gasteiger partial charge in [-0.15, -0.1) is 0 Å². The molecule has 0 radical (unpaired) electrons. The highest BCUT2D eigenvalue weighted by Crippen LogP contribution is 2.32. The van der Waals surface area contributed by atoms with Crippen molar-refractivity contribution in [3.63, 3.8) is 0 Å². The average Bonchev–Trinajstić information content (AvgIpc) is 3.23. The van der Waals surface area contributed by atoms with Crippen LogP contribution >= 0.6 is 11.3 Å². The van der Waals surface area contributed by atoms with Crippen molar-refractivity contribution in [3.05, 3.63) is 78.4 Å². The summed E-state index contributed by atoms with van der Waals surface area (Å²) in [6.07, 6.45) is 0. The molecular formula is C26H27N3O3S. The molecule has 170 valence electrons. The van der Waals surface area contributed by atoms with Gasteiger partial charge in [0.1, 0.15) is 17.2 Å². The summed E-state index contributed by atoms with van der Waals surface area (Å²) >= 11 is 1.49.